The number of amides is 1. The molecule has 0 aliphatic heterocycles. The third-order valence-corrected chi connectivity index (χ3v) is 4.54. The highest BCUT2D eigenvalue weighted by Crippen LogP contribution is 2.27. The summed E-state index contributed by atoms with van der Waals surface area (Å²) in [6.45, 7) is 1.91. The molecule has 0 spiro atoms. The topological polar surface area (TPSA) is 93.5 Å². The third-order valence-electron chi connectivity index (χ3n) is 4.54. The molecule has 0 aliphatic rings. The summed E-state index contributed by atoms with van der Waals surface area (Å²) in [5, 5.41) is 5.81. The van der Waals surface area contributed by atoms with Gasteiger partial charge in [0.25, 0.3) is 5.91 Å². The summed E-state index contributed by atoms with van der Waals surface area (Å²) in [6, 6.07) is 18.4. The maximum absolute atomic E-state index is 12.7. The first-order chi connectivity index (χ1) is 15.1. The second kappa shape index (κ2) is 8.96. The van der Waals surface area contributed by atoms with Gasteiger partial charge in [0.15, 0.2) is 0 Å². The number of aromatic nitrogens is 2. The first-order valence-electron chi connectivity index (χ1n) is 9.52. The van der Waals surface area contributed by atoms with Crippen molar-refractivity contribution < 1.29 is 14.3 Å². The van der Waals surface area contributed by atoms with Gasteiger partial charge in [-0.25, -0.2) is 15.2 Å². The van der Waals surface area contributed by atoms with Crippen LogP contribution in [0.15, 0.2) is 84.4 Å². The van der Waals surface area contributed by atoms with Crippen molar-refractivity contribution >= 4 is 28.9 Å². The molecule has 1 aromatic heterocycles. The van der Waals surface area contributed by atoms with Crippen LogP contribution in [0.4, 0.5) is 0 Å². The number of hydrogen-bond donors (Lipinski definition) is 1. The number of benzene rings is 3. The Morgan fingerprint density at radius 3 is 2.71 bits per heavy atom. The van der Waals surface area contributed by atoms with Crippen LogP contribution in [0.25, 0.3) is 10.8 Å². The smallest absolute Gasteiger partial charge is 0.343 e. The molecule has 1 N–H and O–H groups in total. The molecule has 1 amide bonds. The van der Waals surface area contributed by atoms with Crippen molar-refractivity contribution in [3.63, 3.8) is 0 Å². The van der Waals surface area contributed by atoms with Gasteiger partial charge >= 0.3 is 5.97 Å². The molecule has 152 valence electrons. The number of hydrogen-bond acceptors (Lipinski definition) is 6. The van der Waals surface area contributed by atoms with E-state index in [1.807, 2.05) is 43.3 Å². The van der Waals surface area contributed by atoms with E-state index < -0.39 is 11.9 Å². The number of fused-ring (bicyclic) bond motifs is 1. The van der Waals surface area contributed by atoms with Crippen molar-refractivity contribution in [1.29, 1.82) is 0 Å². The highest BCUT2D eigenvalue weighted by Gasteiger charge is 2.14. The van der Waals surface area contributed by atoms with Gasteiger partial charge in [-0.3, -0.25) is 9.78 Å². The summed E-state index contributed by atoms with van der Waals surface area (Å²) in [6.07, 6.45) is 5.70. The second-order valence-electron chi connectivity index (χ2n) is 6.75. The Kier molecular flexibility index (Phi) is 5.75. The fourth-order valence-corrected chi connectivity index (χ4v) is 3.06. The molecular weight excluding hydrogens is 392 g/mol. The van der Waals surface area contributed by atoms with Crippen LogP contribution in [-0.2, 0) is 0 Å². The van der Waals surface area contributed by atoms with E-state index in [2.05, 4.69) is 20.5 Å². The van der Waals surface area contributed by atoms with Crippen molar-refractivity contribution in [2.75, 3.05) is 0 Å². The lowest BCUT2D eigenvalue weighted by molar-refractivity contribution is 0.0734. The molecule has 0 atom stereocenters. The van der Waals surface area contributed by atoms with Gasteiger partial charge in [-0.1, -0.05) is 48.0 Å². The van der Waals surface area contributed by atoms with Crippen LogP contribution in [0.2, 0.25) is 0 Å². The minimum absolute atomic E-state index is 0.142. The molecule has 0 saturated carbocycles. The summed E-state index contributed by atoms with van der Waals surface area (Å²) < 4.78 is 5.67. The van der Waals surface area contributed by atoms with E-state index in [0.717, 1.165) is 16.3 Å². The molecule has 0 fully saturated rings. The highest BCUT2D eigenvalue weighted by molar-refractivity contribution is 6.04. The van der Waals surface area contributed by atoms with Gasteiger partial charge in [0.2, 0.25) is 0 Å². The highest BCUT2D eigenvalue weighted by atomic mass is 16.5. The van der Waals surface area contributed by atoms with Gasteiger partial charge in [0.1, 0.15) is 11.4 Å². The molecular formula is C24H18N4O3. The van der Waals surface area contributed by atoms with Crippen molar-refractivity contribution in [3.05, 3.63) is 102 Å². The fourth-order valence-electron chi connectivity index (χ4n) is 3.06. The fraction of sp³-hybridized carbons (Fsp3) is 0.0417. The summed E-state index contributed by atoms with van der Waals surface area (Å²) in [7, 11) is 0. The van der Waals surface area contributed by atoms with E-state index in [9.17, 15) is 9.59 Å². The normalized spacial score (nSPS) is 10.9. The van der Waals surface area contributed by atoms with E-state index >= 15 is 0 Å². The maximum Gasteiger partial charge on any atom is 0.343 e. The van der Waals surface area contributed by atoms with Crippen LogP contribution in [0, 0.1) is 6.92 Å². The lowest BCUT2D eigenvalue weighted by atomic mass is 10.0. The Balaban J connectivity index is 1.64. The zero-order chi connectivity index (χ0) is 21.6. The first kappa shape index (κ1) is 19.9. The standard InChI is InChI=1S/C24H18N4O3/c1-16-5-4-7-18(13-16)24(30)31-22-10-9-17-6-2-3-8-19(17)20(22)14-27-28-23(29)21-15-25-11-12-26-21/h2-15H,1H3,(H,28,29). The van der Waals surface area contributed by atoms with Gasteiger partial charge in [0.05, 0.1) is 18.0 Å². The van der Waals surface area contributed by atoms with Gasteiger partial charge in [-0.2, -0.15) is 5.10 Å². The molecule has 7 nitrogen and oxygen atoms in total. The maximum atomic E-state index is 12.7. The van der Waals surface area contributed by atoms with Crippen molar-refractivity contribution in [2.45, 2.75) is 6.92 Å². The third kappa shape index (κ3) is 4.62. The van der Waals surface area contributed by atoms with Crippen LogP contribution in [-0.4, -0.2) is 28.1 Å². The molecule has 3 aromatic carbocycles. The SMILES string of the molecule is Cc1cccc(C(=O)Oc2ccc3ccccc3c2C=NNC(=O)c2cnccn2)c1. The van der Waals surface area contributed by atoms with Crippen molar-refractivity contribution in [2.24, 2.45) is 5.10 Å². The summed E-state index contributed by atoms with van der Waals surface area (Å²) in [5.41, 5.74) is 4.54. The Morgan fingerprint density at radius 1 is 1.03 bits per heavy atom. The number of nitrogens with one attached hydrogen (secondary N) is 1. The van der Waals surface area contributed by atoms with Crippen LogP contribution in [0.3, 0.4) is 0 Å². The molecule has 1 heterocycles. The summed E-state index contributed by atoms with van der Waals surface area (Å²) >= 11 is 0. The summed E-state index contributed by atoms with van der Waals surface area (Å²) in [4.78, 5) is 32.6. The molecule has 0 saturated heterocycles. The Labute approximate surface area is 178 Å². The average Bonchev–Trinajstić information content (AvgIpc) is 2.80. The van der Waals surface area contributed by atoms with Crippen molar-refractivity contribution in [1.82, 2.24) is 15.4 Å². The average molecular weight is 410 g/mol. The number of hydrazone groups is 1. The summed E-state index contributed by atoms with van der Waals surface area (Å²) in [5.74, 6) is -0.636. The monoisotopic (exact) mass is 410 g/mol. The Morgan fingerprint density at radius 2 is 1.90 bits per heavy atom. The number of carbonyl (C=O) groups excluding carboxylic acids is 2. The molecule has 4 rings (SSSR count). The Bertz CT molecular complexity index is 1290. The van der Waals surface area contributed by atoms with Crippen LogP contribution in [0.5, 0.6) is 5.75 Å². The molecule has 0 unspecified atom stereocenters. The minimum atomic E-state index is -0.497. The molecule has 4 aromatic rings. The minimum Gasteiger partial charge on any atom is -0.422 e. The van der Waals surface area contributed by atoms with E-state index in [1.54, 1.807) is 24.3 Å². The lowest BCUT2D eigenvalue weighted by Crippen LogP contribution is -2.19. The van der Waals surface area contributed by atoms with Crippen molar-refractivity contribution in [3.8, 4) is 5.75 Å². The first-order valence-corrected chi connectivity index (χ1v) is 9.52. The van der Waals surface area contributed by atoms with Crippen LogP contribution >= 0.6 is 0 Å². The molecule has 0 radical (unpaired) electrons. The number of nitrogens with zero attached hydrogens (tertiary/aromatic N) is 3. The van der Waals surface area contributed by atoms with Crippen LogP contribution in [0.1, 0.15) is 32.0 Å². The van der Waals surface area contributed by atoms with E-state index in [4.69, 9.17) is 4.74 Å². The van der Waals surface area contributed by atoms with E-state index in [0.29, 0.717) is 16.9 Å². The second-order valence-corrected chi connectivity index (χ2v) is 6.75. The number of esters is 1. The Hall–Kier alpha value is -4.39. The number of aryl methyl sites for hydroxylation is 1. The zero-order valence-electron chi connectivity index (χ0n) is 16.6. The predicted molar refractivity (Wildman–Crippen MR) is 117 cm³/mol. The number of rotatable bonds is 5. The zero-order valence-corrected chi connectivity index (χ0v) is 16.6. The predicted octanol–water partition coefficient (Wildman–Crippen LogP) is 3.92. The quantitative estimate of drug-likeness (QED) is 0.233. The van der Waals surface area contributed by atoms with E-state index in [-0.39, 0.29) is 5.69 Å². The lowest BCUT2D eigenvalue weighted by Gasteiger charge is -2.11. The van der Waals surface area contributed by atoms with Crippen LogP contribution < -0.4 is 10.2 Å². The van der Waals surface area contributed by atoms with E-state index in [1.165, 1.54) is 24.8 Å². The number of carbonyl (C=O) groups is 2. The molecule has 0 aliphatic carbocycles. The van der Waals surface area contributed by atoms with Gasteiger partial charge < -0.3 is 4.74 Å². The number of ether oxygens (including phenoxy) is 1. The van der Waals surface area contributed by atoms with Gasteiger partial charge in [0, 0.05) is 18.0 Å². The molecule has 31 heavy (non-hydrogen) atoms. The van der Waals surface area contributed by atoms with Gasteiger partial charge in [-0.15, -0.1) is 0 Å². The molecule has 0 bridgehead atoms. The van der Waals surface area contributed by atoms with Gasteiger partial charge in [-0.05, 0) is 35.9 Å². The molecule has 7 heteroatoms. The largest absolute Gasteiger partial charge is 0.422 e.